The Balaban J connectivity index is 1.24. The van der Waals surface area contributed by atoms with E-state index in [0.29, 0.717) is 24.7 Å². The van der Waals surface area contributed by atoms with Gasteiger partial charge in [-0.3, -0.25) is 4.79 Å². The number of halogens is 1. The third-order valence-corrected chi connectivity index (χ3v) is 6.55. The molecule has 2 heterocycles. The number of hydrogen-bond donors (Lipinski definition) is 3. The maximum absolute atomic E-state index is 13.2. The van der Waals surface area contributed by atoms with Gasteiger partial charge in [0.2, 0.25) is 5.91 Å². The lowest BCUT2D eigenvalue weighted by Crippen LogP contribution is -2.45. The fraction of sp³-hybridized carbons (Fsp3) is 0.619. The van der Waals surface area contributed by atoms with Gasteiger partial charge in [-0.05, 0) is 74.7 Å². The van der Waals surface area contributed by atoms with E-state index in [1.807, 2.05) is 4.90 Å². The first kappa shape index (κ1) is 19.2. The van der Waals surface area contributed by atoms with Gasteiger partial charge in [-0.1, -0.05) is 6.07 Å². The van der Waals surface area contributed by atoms with Crippen LogP contribution in [0, 0.1) is 23.1 Å². The van der Waals surface area contributed by atoms with Gasteiger partial charge >= 0.3 is 6.03 Å². The van der Waals surface area contributed by atoms with Gasteiger partial charge in [0.1, 0.15) is 5.82 Å². The maximum atomic E-state index is 13.2. The number of nitrogens with zero attached hydrogens (tertiary/aromatic N) is 1. The highest BCUT2D eigenvalue weighted by Crippen LogP contribution is 2.59. The minimum Gasteiger partial charge on any atom is -0.342 e. The van der Waals surface area contributed by atoms with Crippen LogP contribution in [0.3, 0.4) is 0 Å². The van der Waals surface area contributed by atoms with Gasteiger partial charge in [-0.15, -0.1) is 0 Å². The van der Waals surface area contributed by atoms with Crippen LogP contribution in [0.1, 0.15) is 32.1 Å². The van der Waals surface area contributed by atoms with Crippen molar-refractivity contribution in [3.8, 4) is 0 Å². The predicted molar refractivity (Wildman–Crippen MR) is 105 cm³/mol. The zero-order valence-electron chi connectivity index (χ0n) is 16.2. The van der Waals surface area contributed by atoms with Crippen molar-refractivity contribution < 1.29 is 14.0 Å². The summed E-state index contributed by atoms with van der Waals surface area (Å²) in [5.41, 5.74) is 0.692. The summed E-state index contributed by atoms with van der Waals surface area (Å²) in [5.74, 6) is 0.401. The molecule has 6 nitrogen and oxygen atoms in total. The molecule has 1 aliphatic carbocycles. The van der Waals surface area contributed by atoms with E-state index in [4.69, 9.17) is 0 Å². The number of benzene rings is 1. The lowest BCUT2D eigenvalue weighted by atomic mass is 9.91. The van der Waals surface area contributed by atoms with E-state index >= 15 is 0 Å². The van der Waals surface area contributed by atoms with Gasteiger partial charge in [0.25, 0.3) is 0 Å². The highest BCUT2D eigenvalue weighted by molar-refractivity contribution is 5.89. The van der Waals surface area contributed by atoms with Gasteiger partial charge < -0.3 is 20.9 Å². The summed E-state index contributed by atoms with van der Waals surface area (Å²) >= 11 is 0. The number of anilines is 1. The minimum absolute atomic E-state index is 0.206. The van der Waals surface area contributed by atoms with Crippen molar-refractivity contribution in [3.63, 3.8) is 0 Å². The monoisotopic (exact) mass is 388 g/mol. The first-order valence-corrected chi connectivity index (χ1v) is 10.4. The molecule has 3 amide bonds. The molecule has 2 saturated heterocycles. The average Bonchev–Trinajstić information content (AvgIpc) is 3.39. The van der Waals surface area contributed by atoms with E-state index in [1.54, 1.807) is 12.1 Å². The van der Waals surface area contributed by atoms with Gasteiger partial charge in [0.15, 0.2) is 0 Å². The van der Waals surface area contributed by atoms with E-state index in [-0.39, 0.29) is 29.1 Å². The van der Waals surface area contributed by atoms with E-state index in [2.05, 4.69) is 16.0 Å². The number of nitrogens with one attached hydrogen (secondary N) is 3. The van der Waals surface area contributed by atoms with E-state index in [1.165, 1.54) is 12.1 Å². The SMILES string of the molecule is O=C(NCC1CCCN(C(=O)C2CC23CCNCC3)C1)Nc1cccc(F)c1. The van der Waals surface area contributed by atoms with Crippen LogP contribution in [0.25, 0.3) is 0 Å². The van der Waals surface area contributed by atoms with E-state index < -0.39 is 0 Å². The van der Waals surface area contributed by atoms with Crippen molar-refractivity contribution in [2.24, 2.45) is 17.3 Å². The second-order valence-corrected chi connectivity index (χ2v) is 8.51. The van der Waals surface area contributed by atoms with Gasteiger partial charge in [-0.2, -0.15) is 0 Å². The van der Waals surface area contributed by atoms with E-state index in [9.17, 15) is 14.0 Å². The Morgan fingerprint density at radius 3 is 2.89 bits per heavy atom. The summed E-state index contributed by atoms with van der Waals surface area (Å²) in [4.78, 5) is 27.0. The number of carbonyl (C=O) groups excluding carboxylic acids is 2. The summed E-state index contributed by atoms with van der Waals surface area (Å²) in [6.45, 7) is 4.11. The Hall–Kier alpha value is -2.15. The summed E-state index contributed by atoms with van der Waals surface area (Å²) < 4.78 is 13.2. The van der Waals surface area contributed by atoms with Crippen LogP contribution in [0.2, 0.25) is 0 Å². The highest BCUT2D eigenvalue weighted by atomic mass is 19.1. The van der Waals surface area contributed by atoms with Crippen molar-refractivity contribution in [3.05, 3.63) is 30.1 Å². The smallest absolute Gasteiger partial charge is 0.319 e. The van der Waals surface area contributed by atoms with Gasteiger partial charge in [0.05, 0.1) is 0 Å². The molecule has 3 aliphatic rings. The second kappa shape index (κ2) is 8.07. The first-order valence-electron chi connectivity index (χ1n) is 10.4. The topological polar surface area (TPSA) is 73.5 Å². The van der Waals surface area contributed by atoms with Crippen molar-refractivity contribution in [1.82, 2.24) is 15.5 Å². The molecule has 3 N–H and O–H groups in total. The standard InChI is InChI=1S/C21H29FN4O2/c22-16-4-1-5-17(11-16)25-20(28)24-13-15-3-2-10-26(14-15)19(27)18-12-21(18)6-8-23-9-7-21/h1,4-5,11,15,18,23H,2-3,6-10,12-14H2,(H2,24,25,28). The Labute approximate surface area is 165 Å². The average molecular weight is 388 g/mol. The van der Waals surface area contributed by atoms with Gasteiger partial charge in [0, 0.05) is 31.2 Å². The summed E-state index contributed by atoms with van der Waals surface area (Å²) in [7, 11) is 0. The number of rotatable bonds is 4. The van der Waals surface area contributed by atoms with Crippen molar-refractivity contribution in [1.29, 1.82) is 0 Å². The molecular weight excluding hydrogens is 359 g/mol. The van der Waals surface area contributed by atoms with Crippen molar-refractivity contribution in [2.75, 3.05) is 38.0 Å². The molecule has 1 aromatic carbocycles. The van der Waals surface area contributed by atoms with Crippen LogP contribution in [-0.2, 0) is 4.79 Å². The third kappa shape index (κ3) is 4.29. The fourth-order valence-corrected chi connectivity index (χ4v) is 4.80. The van der Waals surface area contributed by atoms with Crippen molar-refractivity contribution in [2.45, 2.75) is 32.1 Å². The van der Waals surface area contributed by atoms with Crippen LogP contribution >= 0.6 is 0 Å². The molecule has 1 aromatic rings. The molecule has 3 fully saturated rings. The van der Waals surface area contributed by atoms with Crippen molar-refractivity contribution >= 4 is 17.6 Å². The normalized spacial score (nSPS) is 26.0. The summed E-state index contributed by atoms with van der Waals surface area (Å²) in [6.07, 6.45) is 5.25. The Kier molecular flexibility index (Phi) is 5.53. The summed E-state index contributed by atoms with van der Waals surface area (Å²) in [5, 5.41) is 8.89. The van der Waals surface area contributed by atoms with Crippen LogP contribution in [-0.4, -0.2) is 49.6 Å². The van der Waals surface area contributed by atoms with E-state index in [0.717, 1.165) is 51.7 Å². The zero-order chi connectivity index (χ0) is 19.6. The molecule has 28 heavy (non-hydrogen) atoms. The lowest BCUT2D eigenvalue weighted by Gasteiger charge is -2.34. The van der Waals surface area contributed by atoms with Crippen LogP contribution < -0.4 is 16.0 Å². The summed E-state index contributed by atoms with van der Waals surface area (Å²) in [6, 6.07) is 5.49. The lowest BCUT2D eigenvalue weighted by molar-refractivity contribution is -0.135. The van der Waals surface area contributed by atoms with Crippen LogP contribution in [0.4, 0.5) is 14.9 Å². The van der Waals surface area contributed by atoms with Crippen LogP contribution in [0.15, 0.2) is 24.3 Å². The van der Waals surface area contributed by atoms with Gasteiger partial charge in [-0.25, -0.2) is 9.18 Å². The van der Waals surface area contributed by atoms with Crippen LogP contribution in [0.5, 0.6) is 0 Å². The largest absolute Gasteiger partial charge is 0.342 e. The molecule has 1 saturated carbocycles. The fourth-order valence-electron chi connectivity index (χ4n) is 4.80. The maximum Gasteiger partial charge on any atom is 0.319 e. The number of piperidine rings is 2. The Morgan fingerprint density at radius 1 is 1.29 bits per heavy atom. The molecule has 1 spiro atoms. The quantitative estimate of drug-likeness (QED) is 0.742. The molecule has 2 aliphatic heterocycles. The predicted octanol–water partition coefficient (Wildman–Crippen LogP) is 2.58. The second-order valence-electron chi connectivity index (χ2n) is 8.51. The highest BCUT2D eigenvalue weighted by Gasteiger charge is 2.58. The molecule has 2 unspecified atom stereocenters. The Morgan fingerprint density at radius 2 is 2.11 bits per heavy atom. The number of carbonyl (C=O) groups is 2. The molecule has 152 valence electrons. The molecular formula is C21H29FN4O2. The zero-order valence-corrected chi connectivity index (χ0v) is 16.2. The molecule has 7 heteroatoms. The molecule has 0 aromatic heterocycles. The minimum atomic E-state index is -0.383. The number of hydrogen-bond acceptors (Lipinski definition) is 3. The molecule has 2 atom stereocenters. The number of amides is 3. The third-order valence-electron chi connectivity index (χ3n) is 6.55. The Bertz CT molecular complexity index is 735. The molecule has 0 radical (unpaired) electrons. The number of likely N-dealkylation sites (tertiary alicyclic amines) is 1. The first-order chi connectivity index (χ1) is 13.6. The molecule has 4 rings (SSSR count). The number of urea groups is 1. The molecule has 0 bridgehead atoms.